The highest BCUT2D eigenvalue weighted by Gasteiger charge is 2.34. The fourth-order valence-electron chi connectivity index (χ4n) is 6.07. The molecule has 1 aliphatic rings. The van der Waals surface area contributed by atoms with Crippen LogP contribution in [0.4, 0.5) is 0 Å². The molecule has 12 nitrogen and oxygen atoms in total. The van der Waals surface area contributed by atoms with Crippen LogP contribution < -0.4 is 0 Å². The van der Waals surface area contributed by atoms with E-state index in [0.717, 1.165) is 0 Å². The van der Waals surface area contributed by atoms with Crippen LogP contribution in [0.3, 0.4) is 0 Å². The minimum absolute atomic E-state index is 0.0447. The summed E-state index contributed by atoms with van der Waals surface area (Å²) in [5, 5.41) is 130. The Morgan fingerprint density at radius 1 is 0.250 bits per heavy atom. The zero-order valence-corrected chi connectivity index (χ0v) is 24.0. The third-order valence-corrected chi connectivity index (χ3v) is 8.96. The SMILES string of the molecule is CC1c2cc(c(O)c(O)c2O)C(C)c2cc(c(O)c(O)c2O)C(C)c2cc(c(O)c(O)c2O)C(C)c2cc1c(O)c(O)c2O. The van der Waals surface area contributed by atoms with Crippen LogP contribution in [-0.4, -0.2) is 61.3 Å². The van der Waals surface area contributed by atoms with Gasteiger partial charge in [-0.25, -0.2) is 0 Å². The summed E-state index contributed by atoms with van der Waals surface area (Å²) in [6.07, 6.45) is 0. The van der Waals surface area contributed by atoms with Crippen LogP contribution in [0.1, 0.15) is 95.9 Å². The van der Waals surface area contributed by atoms with Crippen molar-refractivity contribution in [2.45, 2.75) is 51.4 Å². The van der Waals surface area contributed by atoms with Crippen LogP contribution >= 0.6 is 0 Å². The molecule has 0 heterocycles. The van der Waals surface area contributed by atoms with Crippen molar-refractivity contribution in [2.24, 2.45) is 0 Å². The molecule has 232 valence electrons. The van der Waals surface area contributed by atoms with Crippen LogP contribution in [0, 0.1) is 0 Å². The number of rotatable bonds is 0. The van der Waals surface area contributed by atoms with E-state index in [1.54, 1.807) is 0 Å². The Kier molecular flexibility index (Phi) is 6.84. The van der Waals surface area contributed by atoms with E-state index < -0.39 is 92.7 Å². The van der Waals surface area contributed by atoms with Crippen molar-refractivity contribution in [3.63, 3.8) is 0 Å². The molecule has 0 aliphatic heterocycles. The van der Waals surface area contributed by atoms with E-state index in [-0.39, 0.29) is 44.5 Å². The number of fused-ring (bicyclic) bond motifs is 8. The molecular weight excluding hydrogens is 576 g/mol. The van der Waals surface area contributed by atoms with E-state index in [0.29, 0.717) is 0 Å². The van der Waals surface area contributed by atoms with Gasteiger partial charge in [0.15, 0.2) is 46.0 Å². The lowest BCUT2D eigenvalue weighted by Crippen LogP contribution is -2.08. The van der Waals surface area contributed by atoms with Crippen LogP contribution in [-0.2, 0) is 0 Å². The molecule has 8 bridgehead atoms. The average molecular weight is 609 g/mol. The second kappa shape index (κ2) is 10.0. The Labute approximate surface area is 250 Å². The molecule has 12 heteroatoms. The second-order valence-corrected chi connectivity index (χ2v) is 11.3. The van der Waals surface area contributed by atoms with Crippen molar-refractivity contribution in [3.8, 4) is 69.0 Å². The number of aromatic hydroxyl groups is 12. The molecule has 0 amide bonds. The number of phenols is 12. The first-order chi connectivity index (χ1) is 20.5. The second-order valence-electron chi connectivity index (χ2n) is 11.3. The van der Waals surface area contributed by atoms with Crippen molar-refractivity contribution in [3.05, 3.63) is 68.8 Å². The zero-order valence-electron chi connectivity index (χ0n) is 24.0. The number of hydrogen-bond donors (Lipinski definition) is 12. The van der Waals surface area contributed by atoms with Gasteiger partial charge in [-0.15, -0.1) is 0 Å². The van der Waals surface area contributed by atoms with Gasteiger partial charge >= 0.3 is 0 Å². The van der Waals surface area contributed by atoms with Crippen molar-refractivity contribution in [2.75, 3.05) is 0 Å². The van der Waals surface area contributed by atoms with E-state index >= 15 is 0 Å². The first-order valence-corrected chi connectivity index (χ1v) is 13.6. The molecule has 0 aromatic heterocycles. The number of benzene rings is 4. The van der Waals surface area contributed by atoms with E-state index in [1.165, 1.54) is 52.0 Å². The van der Waals surface area contributed by atoms with E-state index in [4.69, 9.17) is 0 Å². The van der Waals surface area contributed by atoms with Crippen molar-refractivity contribution >= 4 is 0 Å². The summed E-state index contributed by atoms with van der Waals surface area (Å²) in [5.74, 6) is -13.9. The molecule has 0 atom stereocenters. The molecule has 0 saturated carbocycles. The topological polar surface area (TPSA) is 243 Å². The molecule has 0 fully saturated rings. The summed E-state index contributed by atoms with van der Waals surface area (Å²) in [7, 11) is 0. The predicted octanol–water partition coefficient (Wildman–Crippen LogP) is 5.07. The summed E-state index contributed by atoms with van der Waals surface area (Å²) in [5.41, 5.74) is -0.358. The molecular formula is C32H32O12. The van der Waals surface area contributed by atoms with Gasteiger partial charge in [0.2, 0.25) is 23.0 Å². The van der Waals surface area contributed by atoms with Gasteiger partial charge in [0.1, 0.15) is 0 Å². The molecule has 12 N–H and O–H groups in total. The Balaban J connectivity index is 1.97. The first-order valence-electron chi connectivity index (χ1n) is 13.6. The Bertz CT molecular complexity index is 1480. The Hall–Kier alpha value is -5.52. The highest BCUT2D eigenvalue weighted by molar-refractivity contribution is 5.70. The summed E-state index contributed by atoms with van der Waals surface area (Å²) in [6, 6.07) is 5.18. The van der Waals surface area contributed by atoms with Gasteiger partial charge in [-0.05, 0) is 24.3 Å². The highest BCUT2D eigenvalue weighted by Crippen LogP contribution is 2.56. The standard InChI is InChI=1S/C32H32O12/c1-9-13-5-15(23(35)29(41)21(13)33)10(2)17-7-19(27(39)31(43)25(17)37)12(4)20-8-18(26(38)32(44)28(20)40)11(3)16-6-14(9)22(34)30(42)24(16)36/h5-12,33-44H,1-4H3. The molecule has 5 rings (SSSR count). The molecule has 0 saturated heterocycles. The van der Waals surface area contributed by atoms with Gasteiger partial charge < -0.3 is 61.3 Å². The molecule has 1 aliphatic carbocycles. The third kappa shape index (κ3) is 4.05. The molecule has 44 heavy (non-hydrogen) atoms. The lowest BCUT2D eigenvalue weighted by molar-refractivity contribution is 0.352. The van der Waals surface area contributed by atoms with E-state index in [2.05, 4.69) is 0 Å². The zero-order chi connectivity index (χ0) is 32.7. The minimum Gasteiger partial charge on any atom is -0.504 e. The van der Waals surface area contributed by atoms with Gasteiger partial charge in [0, 0.05) is 68.2 Å². The summed E-state index contributed by atoms with van der Waals surface area (Å²) < 4.78 is 0. The summed E-state index contributed by atoms with van der Waals surface area (Å²) in [4.78, 5) is 0. The summed E-state index contributed by atoms with van der Waals surface area (Å²) in [6.45, 7) is 5.98. The van der Waals surface area contributed by atoms with Gasteiger partial charge in [0.05, 0.1) is 0 Å². The van der Waals surface area contributed by atoms with Crippen LogP contribution in [0.15, 0.2) is 24.3 Å². The third-order valence-electron chi connectivity index (χ3n) is 8.96. The van der Waals surface area contributed by atoms with Crippen molar-refractivity contribution in [1.82, 2.24) is 0 Å². The smallest absolute Gasteiger partial charge is 0.200 e. The van der Waals surface area contributed by atoms with Gasteiger partial charge in [-0.1, -0.05) is 27.7 Å². The fraction of sp³-hybridized carbons (Fsp3) is 0.250. The lowest BCUT2D eigenvalue weighted by atomic mass is 9.80. The highest BCUT2D eigenvalue weighted by atomic mass is 16.3. The maximum absolute atomic E-state index is 10.9. The Morgan fingerprint density at radius 3 is 0.477 bits per heavy atom. The maximum atomic E-state index is 10.9. The van der Waals surface area contributed by atoms with Crippen LogP contribution in [0.25, 0.3) is 0 Å². The number of phenolic OH excluding ortho intramolecular Hbond substituents is 12. The molecule has 0 unspecified atom stereocenters. The Morgan fingerprint density at radius 2 is 0.364 bits per heavy atom. The van der Waals surface area contributed by atoms with E-state index in [1.807, 2.05) is 0 Å². The quantitative estimate of drug-likeness (QED) is 0.117. The normalized spacial score (nSPS) is 19.5. The van der Waals surface area contributed by atoms with Crippen LogP contribution in [0.2, 0.25) is 0 Å². The summed E-state index contributed by atoms with van der Waals surface area (Å²) >= 11 is 0. The molecule has 0 radical (unpaired) electrons. The van der Waals surface area contributed by atoms with Crippen molar-refractivity contribution < 1.29 is 61.3 Å². The number of hydrogen-bond acceptors (Lipinski definition) is 12. The average Bonchev–Trinajstić information content (AvgIpc) is 2.99. The lowest BCUT2D eigenvalue weighted by Gasteiger charge is -2.26. The molecule has 4 aromatic carbocycles. The van der Waals surface area contributed by atoms with Gasteiger partial charge in [-0.2, -0.15) is 0 Å². The van der Waals surface area contributed by atoms with Gasteiger partial charge in [-0.3, -0.25) is 0 Å². The molecule has 4 aromatic rings. The minimum atomic E-state index is -1.03. The monoisotopic (exact) mass is 608 g/mol. The maximum Gasteiger partial charge on any atom is 0.200 e. The predicted molar refractivity (Wildman–Crippen MR) is 156 cm³/mol. The van der Waals surface area contributed by atoms with Crippen LogP contribution in [0.5, 0.6) is 69.0 Å². The first kappa shape index (κ1) is 30.0. The fourth-order valence-corrected chi connectivity index (χ4v) is 6.07. The van der Waals surface area contributed by atoms with E-state index in [9.17, 15) is 61.3 Å². The van der Waals surface area contributed by atoms with Crippen molar-refractivity contribution in [1.29, 1.82) is 0 Å². The molecule has 0 spiro atoms. The largest absolute Gasteiger partial charge is 0.504 e. The van der Waals surface area contributed by atoms with Gasteiger partial charge in [0.25, 0.3) is 0 Å².